The molecular formula is C11H14O. The molecule has 0 aliphatic heterocycles. The number of aromatic hydroxyl groups is 1. The van der Waals surface area contributed by atoms with Crippen LogP contribution in [0.15, 0.2) is 18.2 Å². The predicted octanol–water partition coefficient (Wildman–Crippen LogP) is 2.83. The van der Waals surface area contributed by atoms with Crippen LogP contribution in [0.1, 0.15) is 36.8 Å². The molecule has 0 fully saturated rings. The number of hydrogen-bond donors (Lipinski definition) is 1. The third kappa shape index (κ3) is 1.09. The minimum Gasteiger partial charge on any atom is -0.508 e. The van der Waals surface area contributed by atoms with Crippen LogP contribution in [0.25, 0.3) is 0 Å². The second-order valence-electron chi connectivity index (χ2n) is 3.53. The quantitative estimate of drug-likeness (QED) is 0.673. The van der Waals surface area contributed by atoms with Crippen molar-refractivity contribution in [2.75, 3.05) is 0 Å². The van der Waals surface area contributed by atoms with Gasteiger partial charge in [-0.1, -0.05) is 13.0 Å². The second-order valence-corrected chi connectivity index (χ2v) is 3.53. The fourth-order valence-corrected chi connectivity index (χ4v) is 2.12. The van der Waals surface area contributed by atoms with Crippen molar-refractivity contribution >= 4 is 0 Å². The molecule has 0 saturated heterocycles. The average Bonchev–Trinajstić information content (AvgIpc) is 2.46. The van der Waals surface area contributed by atoms with E-state index in [1.165, 1.54) is 24.0 Å². The van der Waals surface area contributed by atoms with E-state index >= 15 is 0 Å². The fourth-order valence-electron chi connectivity index (χ4n) is 2.12. The summed E-state index contributed by atoms with van der Waals surface area (Å²) in [6.07, 6.45) is 3.62. The fraction of sp³-hybridized carbons (Fsp3) is 0.455. The summed E-state index contributed by atoms with van der Waals surface area (Å²) >= 11 is 0. The molecule has 0 bridgehead atoms. The maximum atomic E-state index is 9.26. The molecule has 0 saturated carbocycles. The molecule has 1 N–H and O–H groups in total. The standard InChI is InChI=1S/C11H14O/c1-2-8-3-4-9-7-10(12)5-6-11(8)9/h5-8,12H,2-4H2,1H3. The van der Waals surface area contributed by atoms with Gasteiger partial charge in [0.15, 0.2) is 0 Å². The van der Waals surface area contributed by atoms with Gasteiger partial charge in [-0.05, 0) is 48.4 Å². The van der Waals surface area contributed by atoms with E-state index in [4.69, 9.17) is 0 Å². The maximum Gasteiger partial charge on any atom is 0.115 e. The Labute approximate surface area is 73.0 Å². The number of hydrogen-bond acceptors (Lipinski definition) is 1. The minimum atomic E-state index is 0.408. The average molecular weight is 162 g/mol. The van der Waals surface area contributed by atoms with Gasteiger partial charge in [0.05, 0.1) is 0 Å². The van der Waals surface area contributed by atoms with Gasteiger partial charge in [-0.15, -0.1) is 0 Å². The molecule has 12 heavy (non-hydrogen) atoms. The summed E-state index contributed by atoms with van der Waals surface area (Å²) in [7, 11) is 0. The maximum absolute atomic E-state index is 9.26. The normalized spacial score (nSPS) is 20.9. The SMILES string of the molecule is CCC1CCc2cc(O)ccc21. The smallest absolute Gasteiger partial charge is 0.115 e. The number of fused-ring (bicyclic) bond motifs is 1. The van der Waals surface area contributed by atoms with Gasteiger partial charge < -0.3 is 5.11 Å². The van der Waals surface area contributed by atoms with Crippen LogP contribution in [-0.4, -0.2) is 5.11 Å². The number of benzene rings is 1. The van der Waals surface area contributed by atoms with Gasteiger partial charge in [-0.2, -0.15) is 0 Å². The highest BCUT2D eigenvalue weighted by Crippen LogP contribution is 2.36. The Balaban J connectivity index is 2.40. The van der Waals surface area contributed by atoms with Crippen LogP contribution in [0.3, 0.4) is 0 Å². The van der Waals surface area contributed by atoms with Crippen LogP contribution >= 0.6 is 0 Å². The lowest BCUT2D eigenvalue weighted by Crippen LogP contribution is -1.89. The summed E-state index contributed by atoms with van der Waals surface area (Å²) in [5.41, 5.74) is 2.80. The molecule has 0 heterocycles. The van der Waals surface area contributed by atoms with Gasteiger partial charge in [0.1, 0.15) is 5.75 Å². The van der Waals surface area contributed by atoms with E-state index in [2.05, 4.69) is 13.0 Å². The van der Waals surface area contributed by atoms with E-state index in [0.29, 0.717) is 5.75 Å². The van der Waals surface area contributed by atoms with Gasteiger partial charge in [-0.3, -0.25) is 0 Å². The van der Waals surface area contributed by atoms with E-state index in [1.807, 2.05) is 6.07 Å². The monoisotopic (exact) mass is 162 g/mol. The van der Waals surface area contributed by atoms with Crippen LogP contribution in [0.4, 0.5) is 0 Å². The number of phenols is 1. The van der Waals surface area contributed by atoms with Gasteiger partial charge in [0.25, 0.3) is 0 Å². The van der Waals surface area contributed by atoms with Crippen molar-refractivity contribution in [3.63, 3.8) is 0 Å². The zero-order chi connectivity index (χ0) is 8.55. The third-order valence-electron chi connectivity index (χ3n) is 2.82. The van der Waals surface area contributed by atoms with Crippen molar-refractivity contribution < 1.29 is 5.11 Å². The Kier molecular flexibility index (Phi) is 1.80. The van der Waals surface area contributed by atoms with Crippen molar-refractivity contribution in [1.29, 1.82) is 0 Å². The van der Waals surface area contributed by atoms with Gasteiger partial charge >= 0.3 is 0 Å². The summed E-state index contributed by atoms with van der Waals surface area (Å²) in [4.78, 5) is 0. The number of phenolic OH excluding ortho intramolecular Hbond substituents is 1. The molecular weight excluding hydrogens is 148 g/mol. The number of rotatable bonds is 1. The summed E-state index contributed by atoms with van der Waals surface area (Å²) in [6, 6.07) is 5.78. The first-order valence-electron chi connectivity index (χ1n) is 4.63. The first kappa shape index (κ1) is 7.66. The predicted molar refractivity (Wildman–Crippen MR) is 49.5 cm³/mol. The molecule has 1 nitrogen and oxygen atoms in total. The lowest BCUT2D eigenvalue weighted by molar-refractivity contribution is 0.474. The second kappa shape index (κ2) is 2.81. The van der Waals surface area contributed by atoms with Crippen molar-refractivity contribution in [1.82, 2.24) is 0 Å². The number of aryl methyl sites for hydroxylation is 1. The molecule has 1 unspecified atom stereocenters. The molecule has 1 aliphatic rings. The zero-order valence-corrected chi connectivity index (χ0v) is 7.38. The van der Waals surface area contributed by atoms with Crippen LogP contribution in [0, 0.1) is 0 Å². The van der Waals surface area contributed by atoms with E-state index in [-0.39, 0.29) is 0 Å². The van der Waals surface area contributed by atoms with Gasteiger partial charge in [-0.25, -0.2) is 0 Å². The van der Waals surface area contributed by atoms with E-state index < -0.39 is 0 Å². The van der Waals surface area contributed by atoms with Crippen LogP contribution in [-0.2, 0) is 6.42 Å². The lowest BCUT2D eigenvalue weighted by Gasteiger charge is -2.07. The molecule has 1 aromatic carbocycles. The summed E-state index contributed by atoms with van der Waals surface area (Å²) in [5.74, 6) is 1.14. The first-order chi connectivity index (χ1) is 5.81. The topological polar surface area (TPSA) is 20.2 Å². The van der Waals surface area contributed by atoms with E-state index in [0.717, 1.165) is 12.3 Å². The van der Waals surface area contributed by atoms with E-state index in [1.54, 1.807) is 6.07 Å². The van der Waals surface area contributed by atoms with Gasteiger partial charge in [0, 0.05) is 0 Å². The molecule has 0 aromatic heterocycles. The Morgan fingerprint density at radius 1 is 1.50 bits per heavy atom. The van der Waals surface area contributed by atoms with Crippen LogP contribution < -0.4 is 0 Å². The Morgan fingerprint density at radius 3 is 3.08 bits per heavy atom. The van der Waals surface area contributed by atoms with Crippen LogP contribution in [0.5, 0.6) is 5.75 Å². The molecule has 1 aromatic rings. The third-order valence-corrected chi connectivity index (χ3v) is 2.82. The molecule has 2 rings (SSSR count). The molecule has 1 aliphatic carbocycles. The zero-order valence-electron chi connectivity index (χ0n) is 7.38. The summed E-state index contributed by atoms with van der Waals surface area (Å²) < 4.78 is 0. The molecule has 0 spiro atoms. The largest absolute Gasteiger partial charge is 0.508 e. The van der Waals surface area contributed by atoms with E-state index in [9.17, 15) is 5.11 Å². The molecule has 1 heteroatoms. The first-order valence-corrected chi connectivity index (χ1v) is 4.63. The Hall–Kier alpha value is -0.980. The highest BCUT2D eigenvalue weighted by molar-refractivity contribution is 5.40. The Bertz CT molecular complexity index is 291. The highest BCUT2D eigenvalue weighted by atomic mass is 16.3. The van der Waals surface area contributed by atoms with Crippen molar-refractivity contribution in [3.05, 3.63) is 29.3 Å². The van der Waals surface area contributed by atoms with Crippen molar-refractivity contribution in [2.45, 2.75) is 32.1 Å². The molecule has 0 radical (unpaired) electrons. The lowest BCUT2D eigenvalue weighted by atomic mass is 9.99. The van der Waals surface area contributed by atoms with Gasteiger partial charge in [0.2, 0.25) is 0 Å². The van der Waals surface area contributed by atoms with Crippen LogP contribution in [0.2, 0.25) is 0 Å². The van der Waals surface area contributed by atoms with Crippen molar-refractivity contribution in [3.8, 4) is 5.75 Å². The Morgan fingerprint density at radius 2 is 2.33 bits per heavy atom. The summed E-state index contributed by atoms with van der Waals surface area (Å²) in [5, 5.41) is 9.26. The highest BCUT2D eigenvalue weighted by Gasteiger charge is 2.20. The van der Waals surface area contributed by atoms with Crippen molar-refractivity contribution in [2.24, 2.45) is 0 Å². The molecule has 64 valence electrons. The molecule has 0 amide bonds. The minimum absolute atomic E-state index is 0.408. The molecule has 1 atom stereocenters. The summed E-state index contributed by atoms with van der Waals surface area (Å²) in [6.45, 7) is 2.23.